The summed E-state index contributed by atoms with van der Waals surface area (Å²) in [6.07, 6.45) is 53.1. The first-order valence-electron chi connectivity index (χ1n) is 21.6. The first kappa shape index (κ1) is 50.6. The Morgan fingerprint density at radius 3 is 1.37 bits per heavy atom. The highest BCUT2D eigenvalue weighted by Gasteiger charge is 2.19. The minimum Gasteiger partial charge on any atom is -0.462 e. The third-order valence-corrected chi connectivity index (χ3v) is 8.65. The van der Waals surface area contributed by atoms with Gasteiger partial charge in [0.25, 0.3) is 0 Å². The van der Waals surface area contributed by atoms with Crippen molar-refractivity contribution in [3.05, 3.63) is 85.1 Å². The maximum Gasteiger partial charge on any atom is 0.309 e. The first-order chi connectivity index (χ1) is 26.5. The fourth-order valence-electron chi connectivity index (χ4n) is 5.43. The lowest BCUT2D eigenvalue weighted by Crippen LogP contribution is -2.30. The van der Waals surface area contributed by atoms with Crippen molar-refractivity contribution < 1.29 is 28.6 Å². The lowest BCUT2D eigenvalue weighted by atomic mass is 10.1. The molecule has 1 unspecified atom stereocenters. The molecular weight excluding hydrogens is 673 g/mol. The molecule has 0 radical (unpaired) electrons. The lowest BCUT2D eigenvalue weighted by molar-refractivity contribution is -0.166. The Balaban J connectivity index is 4.53. The van der Waals surface area contributed by atoms with Crippen molar-refractivity contribution in [3.8, 4) is 0 Å². The first-order valence-corrected chi connectivity index (χ1v) is 21.6. The van der Waals surface area contributed by atoms with Gasteiger partial charge in [-0.3, -0.25) is 14.4 Å². The molecule has 1 atom stereocenters. The van der Waals surface area contributed by atoms with Gasteiger partial charge in [0.15, 0.2) is 6.10 Å². The van der Waals surface area contributed by atoms with Gasteiger partial charge in [-0.25, -0.2) is 0 Å². The summed E-state index contributed by atoms with van der Waals surface area (Å²) in [5.41, 5.74) is 0. The van der Waals surface area contributed by atoms with E-state index in [4.69, 9.17) is 14.2 Å². The molecule has 0 heterocycles. The second kappa shape index (κ2) is 42.3. The molecule has 0 spiro atoms. The van der Waals surface area contributed by atoms with Crippen LogP contribution in [0.15, 0.2) is 85.1 Å². The summed E-state index contributed by atoms with van der Waals surface area (Å²) in [5, 5.41) is 0. The summed E-state index contributed by atoms with van der Waals surface area (Å²) in [4.78, 5) is 37.5. The summed E-state index contributed by atoms with van der Waals surface area (Å²) in [6, 6.07) is 0. The molecule has 0 aromatic heterocycles. The van der Waals surface area contributed by atoms with Gasteiger partial charge in [0.05, 0.1) is 6.42 Å². The molecule has 0 bridgehead atoms. The van der Waals surface area contributed by atoms with Crippen LogP contribution in [0.2, 0.25) is 0 Å². The van der Waals surface area contributed by atoms with Gasteiger partial charge >= 0.3 is 17.9 Å². The second-order valence-corrected chi connectivity index (χ2v) is 13.9. The normalized spacial score (nSPS) is 12.9. The molecule has 0 amide bonds. The molecule has 0 rings (SSSR count). The average molecular weight is 751 g/mol. The van der Waals surface area contributed by atoms with Gasteiger partial charge in [0, 0.05) is 12.8 Å². The van der Waals surface area contributed by atoms with Crippen molar-refractivity contribution in [2.24, 2.45) is 0 Å². The summed E-state index contributed by atoms with van der Waals surface area (Å²) in [6.45, 7) is 6.29. The van der Waals surface area contributed by atoms with Crippen molar-refractivity contribution in [1.82, 2.24) is 0 Å². The monoisotopic (exact) mass is 751 g/mol. The largest absolute Gasteiger partial charge is 0.462 e. The van der Waals surface area contributed by atoms with E-state index < -0.39 is 12.1 Å². The maximum absolute atomic E-state index is 12.7. The maximum atomic E-state index is 12.7. The van der Waals surface area contributed by atoms with Crippen LogP contribution in [0.3, 0.4) is 0 Å². The van der Waals surface area contributed by atoms with E-state index >= 15 is 0 Å². The van der Waals surface area contributed by atoms with Crippen LogP contribution in [0.25, 0.3) is 0 Å². The van der Waals surface area contributed by atoms with Gasteiger partial charge in [0.1, 0.15) is 13.2 Å². The highest BCUT2D eigenvalue weighted by molar-refractivity contribution is 5.72. The number of unbranched alkanes of at least 4 members (excludes halogenated alkanes) is 13. The van der Waals surface area contributed by atoms with E-state index in [1.807, 2.05) is 6.08 Å². The lowest BCUT2D eigenvalue weighted by Gasteiger charge is -2.18. The van der Waals surface area contributed by atoms with E-state index in [0.29, 0.717) is 12.8 Å². The third kappa shape index (κ3) is 39.8. The van der Waals surface area contributed by atoms with Gasteiger partial charge in [-0.2, -0.15) is 0 Å². The highest BCUT2D eigenvalue weighted by atomic mass is 16.6. The van der Waals surface area contributed by atoms with Crippen LogP contribution in [0.5, 0.6) is 0 Å². The van der Waals surface area contributed by atoms with Crippen LogP contribution in [0, 0.1) is 0 Å². The summed E-state index contributed by atoms with van der Waals surface area (Å²) >= 11 is 0. The van der Waals surface area contributed by atoms with Gasteiger partial charge < -0.3 is 14.2 Å². The standard InChI is InChI=1S/C48H78O6/c1-4-7-10-13-16-19-21-23-24-26-27-29-32-35-38-41-47(50)53-44-45(43-52-46(49)40-37-34-31-18-15-12-9-6-3)54-48(51)42-39-36-33-30-28-25-22-20-17-14-11-8-5-2/h7,10-11,14,16,19-20,22-24,27,29,35,38,45H,4-6,8-9,12-13,15,17-18,21,25-26,28,30-34,36-37,39-44H2,1-3H3/b10-7-,14-11-,19-16-,22-20-,24-23-,29-27-,38-35-. The highest BCUT2D eigenvalue weighted by Crippen LogP contribution is 2.12. The van der Waals surface area contributed by atoms with Crippen molar-refractivity contribution >= 4 is 17.9 Å². The molecule has 0 fully saturated rings. The molecule has 306 valence electrons. The number of carbonyl (C=O) groups excluding carboxylic acids is 3. The van der Waals surface area contributed by atoms with Crippen LogP contribution in [0.1, 0.15) is 181 Å². The Morgan fingerprint density at radius 2 is 0.833 bits per heavy atom. The molecule has 0 saturated carbocycles. The van der Waals surface area contributed by atoms with Crippen molar-refractivity contribution in [1.29, 1.82) is 0 Å². The molecule has 6 nitrogen and oxygen atoms in total. The molecule has 0 aromatic rings. The van der Waals surface area contributed by atoms with Crippen LogP contribution < -0.4 is 0 Å². The molecule has 0 N–H and O–H groups in total. The van der Waals surface area contributed by atoms with E-state index in [2.05, 4.69) is 93.7 Å². The molecular formula is C48H78O6. The minimum absolute atomic E-state index is 0.113. The predicted octanol–water partition coefficient (Wildman–Crippen LogP) is 13.7. The van der Waals surface area contributed by atoms with E-state index in [0.717, 1.165) is 103 Å². The van der Waals surface area contributed by atoms with E-state index in [1.54, 1.807) is 6.08 Å². The molecule has 6 heteroatoms. The smallest absolute Gasteiger partial charge is 0.309 e. The molecule has 0 aliphatic carbocycles. The summed E-state index contributed by atoms with van der Waals surface area (Å²) < 4.78 is 16.5. The zero-order valence-electron chi connectivity index (χ0n) is 34.7. The fraction of sp³-hybridized carbons (Fsp3) is 0.646. The Kier molecular flexibility index (Phi) is 39.7. The molecule has 54 heavy (non-hydrogen) atoms. The Bertz CT molecular complexity index is 1090. The van der Waals surface area contributed by atoms with E-state index in [1.165, 1.54) is 38.5 Å². The Labute approximate surface area is 331 Å². The summed E-state index contributed by atoms with van der Waals surface area (Å²) in [5.74, 6) is -1.08. The fourth-order valence-corrected chi connectivity index (χ4v) is 5.43. The number of esters is 3. The van der Waals surface area contributed by atoms with Crippen LogP contribution >= 0.6 is 0 Å². The topological polar surface area (TPSA) is 78.9 Å². The average Bonchev–Trinajstić information content (AvgIpc) is 3.17. The predicted molar refractivity (Wildman–Crippen MR) is 228 cm³/mol. The SMILES string of the molecule is CC/C=C\C/C=C\C/C=C\C/C=C\C/C=C\CC(=O)OCC(COC(=O)CCCCCCCCCC)OC(=O)CCCCCCC/C=C\C/C=C\CCC. The van der Waals surface area contributed by atoms with Gasteiger partial charge in [0.2, 0.25) is 0 Å². The van der Waals surface area contributed by atoms with Crippen LogP contribution in [-0.2, 0) is 28.6 Å². The molecule has 0 saturated heterocycles. The summed E-state index contributed by atoms with van der Waals surface area (Å²) in [7, 11) is 0. The number of allylic oxidation sites excluding steroid dienone is 13. The van der Waals surface area contributed by atoms with Crippen molar-refractivity contribution in [2.75, 3.05) is 13.2 Å². The quantitative estimate of drug-likeness (QED) is 0.0272. The second-order valence-electron chi connectivity index (χ2n) is 13.9. The number of ether oxygens (including phenoxy) is 3. The number of hydrogen-bond acceptors (Lipinski definition) is 6. The number of rotatable bonds is 37. The zero-order valence-corrected chi connectivity index (χ0v) is 34.7. The third-order valence-electron chi connectivity index (χ3n) is 8.65. The Hall–Kier alpha value is -3.41. The van der Waals surface area contributed by atoms with Crippen molar-refractivity contribution in [3.63, 3.8) is 0 Å². The van der Waals surface area contributed by atoms with Crippen LogP contribution in [-0.4, -0.2) is 37.2 Å². The van der Waals surface area contributed by atoms with Crippen molar-refractivity contribution in [2.45, 2.75) is 187 Å². The molecule has 0 aliphatic rings. The minimum atomic E-state index is -0.819. The van der Waals surface area contributed by atoms with Gasteiger partial charge in [-0.15, -0.1) is 0 Å². The zero-order chi connectivity index (χ0) is 39.4. The number of hydrogen-bond donors (Lipinski definition) is 0. The van der Waals surface area contributed by atoms with Crippen LogP contribution in [0.4, 0.5) is 0 Å². The Morgan fingerprint density at radius 1 is 0.407 bits per heavy atom. The molecule has 0 aromatic carbocycles. The van der Waals surface area contributed by atoms with Gasteiger partial charge in [-0.05, 0) is 70.6 Å². The molecule has 0 aliphatic heterocycles. The number of carbonyl (C=O) groups is 3. The van der Waals surface area contributed by atoms with Gasteiger partial charge in [-0.1, -0.05) is 176 Å². The van der Waals surface area contributed by atoms with E-state index in [-0.39, 0.29) is 31.6 Å². The van der Waals surface area contributed by atoms with E-state index in [9.17, 15) is 14.4 Å².